The average Bonchev–Trinajstić information content (AvgIpc) is 2.88. The summed E-state index contributed by atoms with van der Waals surface area (Å²) < 4.78 is 2.00. The van der Waals surface area contributed by atoms with Gasteiger partial charge in [0.2, 0.25) is 0 Å². The molecule has 0 bridgehead atoms. The van der Waals surface area contributed by atoms with Crippen LogP contribution in [0, 0.1) is 0 Å². The monoisotopic (exact) mass is 245 g/mol. The number of nitrogens with zero attached hydrogens (tertiary/aromatic N) is 2. The molecule has 2 aromatic rings. The zero-order valence-electron chi connectivity index (χ0n) is 9.91. The topological polar surface area (TPSA) is 67.2 Å². The second-order valence-electron chi connectivity index (χ2n) is 3.98. The van der Waals surface area contributed by atoms with Crippen molar-refractivity contribution >= 4 is 5.97 Å². The average molecular weight is 245 g/mol. The molecule has 0 atom stereocenters. The lowest BCUT2D eigenvalue weighted by Crippen LogP contribution is -2.18. The maximum Gasteiger partial charge on any atom is 0.335 e. The van der Waals surface area contributed by atoms with E-state index in [9.17, 15) is 4.79 Å². The standard InChI is InChI=1S/C13H15N3O2/c17-13(18)12-3-1-11(2-4-12)9-14-5-7-16-8-6-15-10-16/h1-4,6,8,10,14H,5,7,9H2,(H,17,18). The lowest BCUT2D eigenvalue weighted by Gasteiger charge is -2.05. The summed E-state index contributed by atoms with van der Waals surface area (Å²) in [4.78, 5) is 14.6. The van der Waals surface area contributed by atoms with Gasteiger partial charge in [-0.25, -0.2) is 9.78 Å². The third-order valence-corrected chi connectivity index (χ3v) is 2.64. The first-order valence-electron chi connectivity index (χ1n) is 5.74. The highest BCUT2D eigenvalue weighted by molar-refractivity contribution is 5.87. The van der Waals surface area contributed by atoms with Crippen molar-refractivity contribution in [2.45, 2.75) is 13.1 Å². The van der Waals surface area contributed by atoms with Crippen molar-refractivity contribution in [1.29, 1.82) is 0 Å². The second kappa shape index (κ2) is 5.97. The molecular formula is C13H15N3O2. The van der Waals surface area contributed by atoms with Gasteiger partial charge in [-0.05, 0) is 17.7 Å². The number of rotatable bonds is 6. The maximum atomic E-state index is 10.7. The number of carboxylic acids is 1. The van der Waals surface area contributed by atoms with Crippen LogP contribution in [0.4, 0.5) is 0 Å². The Bertz CT molecular complexity index is 491. The first-order valence-corrected chi connectivity index (χ1v) is 5.74. The molecule has 0 amide bonds. The van der Waals surface area contributed by atoms with E-state index >= 15 is 0 Å². The number of carbonyl (C=O) groups is 1. The van der Waals surface area contributed by atoms with Gasteiger partial charge in [-0.1, -0.05) is 12.1 Å². The van der Waals surface area contributed by atoms with E-state index < -0.39 is 5.97 Å². The normalized spacial score (nSPS) is 10.4. The summed E-state index contributed by atoms with van der Waals surface area (Å²) in [5.74, 6) is -0.894. The Kier molecular flexibility index (Phi) is 4.09. The summed E-state index contributed by atoms with van der Waals surface area (Å²) in [6, 6.07) is 6.89. The molecule has 94 valence electrons. The lowest BCUT2D eigenvalue weighted by atomic mass is 10.1. The molecule has 5 heteroatoms. The number of hydrogen-bond acceptors (Lipinski definition) is 3. The minimum absolute atomic E-state index is 0.317. The molecule has 2 N–H and O–H groups in total. The number of benzene rings is 1. The van der Waals surface area contributed by atoms with Crippen molar-refractivity contribution in [2.24, 2.45) is 0 Å². The van der Waals surface area contributed by atoms with Crippen molar-refractivity contribution in [3.63, 3.8) is 0 Å². The molecule has 1 aromatic carbocycles. The van der Waals surface area contributed by atoms with Crippen LogP contribution in [0.25, 0.3) is 0 Å². The van der Waals surface area contributed by atoms with Gasteiger partial charge in [0.25, 0.3) is 0 Å². The number of aromatic carboxylic acids is 1. The molecule has 2 rings (SSSR count). The van der Waals surface area contributed by atoms with Crippen LogP contribution in [0.1, 0.15) is 15.9 Å². The Labute approximate surface area is 105 Å². The molecule has 0 spiro atoms. The predicted octanol–water partition coefficient (Wildman–Crippen LogP) is 1.37. The van der Waals surface area contributed by atoms with Gasteiger partial charge in [0, 0.05) is 32.0 Å². The van der Waals surface area contributed by atoms with E-state index in [0.29, 0.717) is 5.56 Å². The third kappa shape index (κ3) is 3.43. The highest BCUT2D eigenvalue weighted by Gasteiger charge is 2.01. The van der Waals surface area contributed by atoms with Crippen LogP contribution >= 0.6 is 0 Å². The minimum atomic E-state index is -0.894. The largest absolute Gasteiger partial charge is 0.478 e. The molecule has 18 heavy (non-hydrogen) atoms. The van der Waals surface area contributed by atoms with Gasteiger partial charge in [0.1, 0.15) is 0 Å². The fraction of sp³-hybridized carbons (Fsp3) is 0.231. The maximum absolute atomic E-state index is 10.7. The van der Waals surface area contributed by atoms with Crippen molar-refractivity contribution < 1.29 is 9.90 Å². The van der Waals surface area contributed by atoms with Gasteiger partial charge in [0.05, 0.1) is 11.9 Å². The summed E-state index contributed by atoms with van der Waals surface area (Å²) in [7, 11) is 0. The van der Waals surface area contributed by atoms with Crippen molar-refractivity contribution in [3.05, 3.63) is 54.1 Å². The summed E-state index contributed by atoms with van der Waals surface area (Å²) in [5, 5.41) is 12.1. The van der Waals surface area contributed by atoms with E-state index in [1.807, 2.05) is 22.9 Å². The van der Waals surface area contributed by atoms with Crippen LogP contribution in [0.2, 0.25) is 0 Å². The van der Waals surface area contributed by atoms with E-state index in [1.54, 1.807) is 24.7 Å². The fourth-order valence-corrected chi connectivity index (χ4v) is 1.63. The Balaban J connectivity index is 1.75. The molecule has 1 heterocycles. The van der Waals surface area contributed by atoms with Gasteiger partial charge in [-0.3, -0.25) is 0 Å². The smallest absolute Gasteiger partial charge is 0.335 e. The van der Waals surface area contributed by atoms with E-state index in [2.05, 4.69) is 10.3 Å². The van der Waals surface area contributed by atoms with Crippen LogP contribution in [0.15, 0.2) is 43.0 Å². The SMILES string of the molecule is O=C(O)c1ccc(CNCCn2ccnc2)cc1. The van der Waals surface area contributed by atoms with E-state index in [0.717, 1.165) is 25.2 Å². The Morgan fingerprint density at radius 2 is 2.11 bits per heavy atom. The molecule has 0 saturated carbocycles. The summed E-state index contributed by atoms with van der Waals surface area (Å²) in [6.45, 7) is 2.44. The molecule has 0 saturated heterocycles. The Hall–Kier alpha value is -2.14. The number of nitrogens with one attached hydrogen (secondary N) is 1. The molecule has 0 aliphatic heterocycles. The zero-order chi connectivity index (χ0) is 12.8. The van der Waals surface area contributed by atoms with Gasteiger partial charge >= 0.3 is 5.97 Å². The highest BCUT2D eigenvalue weighted by atomic mass is 16.4. The lowest BCUT2D eigenvalue weighted by molar-refractivity contribution is 0.0697. The van der Waals surface area contributed by atoms with Crippen LogP contribution in [-0.2, 0) is 13.1 Å². The summed E-state index contributed by atoms with van der Waals surface area (Å²) >= 11 is 0. The fourth-order valence-electron chi connectivity index (χ4n) is 1.63. The van der Waals surface area contributed by atoms with E-state index in [-0.39, 0.29) is 0 Å². The number of imidazole rings is 1. The highest BCUT2D eigenvalue weighted by Crippen LogP contribution is 2.04. The van der Waals surface area contributed by atoms with Gasteiger partial charge in [0.15, 0.2) is 0 Å². The predicted molar refractivity (Wildman–Crippen MR) is 67.3 cm³/mol. The van der Waals surface area contributed by atoms with E-state index in [1.165, 1.54) is 0 Å². The molecule has 5 nitrogen and oxygen atoms in total. The zero-order valence-corrected chi connectivity index (χ0v) is 9.91. The number of hydrogen-bond donors (Lipinski definition) is 2. The van der Waals surface area contributed by atoms with Gasteiger partial charge < -0.3 is 15.0 Å². The second-order valence-corrected chi connectivity index (χ2v) is 3.98. The van der Waals surface area contributed by atoms with Crippen LogP contribution in [-0.4, -0.2) is 27.2 Å². The Morgan fingerprint density at radius 3 is 2.72 bits per heavy atom. The number of carboxylic acid groups (broad SMARTS) is 1. The minimum Gasteiger partial charge on any atom is -0.478 e. The molecule has 0 aliphatic carbocycles. The van der Waals surface area contributed by atoms with Crippen molar-refractivity contribution in [2.75, 3.05) is 6.54 Å². The molecular weight excluding hydrogens is 230 g/mol. The van der Waals surface area contributed by atoms with Gasteiger partial charge in [-0.15, -0.1) is 0 Å². The van der Waals surface area contributed by atoms with Crippen LogP contribution in [0.3, 0.4) is 0 Å². The van der Waals surface area contributed by atoms with Gasteiger partial charge in [-0.2, -0.15) is 0 Å². The van der Waals surface area contributed by atoms with Crippen LogP contribution in [0.5, 0.6) is 0 Å². The number of aromatic nitrogens is 2. The van der Waals surface area contributed by atoms with Crippen LogP contribution < -0.4 is 5.32 Å². The van der Waals surface area contributed by atoms with Crippen molar-refractivity contribution in [1.82, 2.24) is 14.9 Å². The Morgan fingerprint density at radius 1 is 1.33 bits per heavy atom. The molecule has 1 aromatic heterocycles. The molecule has 0 fully saturated rings. The first kappa shape index (κ1) is 12.3. The summed E-state index contributed by atoms with van der Waals surface area (Å²) in [6.07, 6.45) is 5.46. The first-order chi connectivity index (χ1) is 8.75. The third-order valence-electron chi connectivity index (χ3n) is 2.64. The molecule has 0 aliphatic rings. The molecule has 0 radical (unpaired) electrons. The van der Waals surface area contributed by atoms with Crippen molar-refractivity contribution in [3.8, 4) is 0 Å². The van der Waals surface area contributed by atoms with E-state index in [4.69, 9.17) is 5.11 Å². The summed E-state index contributed by atoms with van der Waals surface area (Å²) in [5.41, 5.74) is 1.39. The molecule has 0 unspecified atom stereocenters. The quantitative estimate of drug-likeness (QED) is 0.754.